The zero-order chi connectivity index (χ0) is 20.9. The maximum atomic E-state index is 13.1. The van der Waals surface area contributed by atoms with Crippen LogP contribution in [0.4, 0.5) is 5.00 Å². The lowest BCUT2D eigenvalue weighted by Crippen LogP contribution is -2.32. The molecule has 0 radical (unpaired) electrons. The zero-order valence-electron chi connectivity index (χ0n) is 17.3. The van der Waals surface area contributed by atoms with Crippen LogP contribution in [0.1, 0.15) is 63.8 Å². The predicted octanol–water partition coefficient (Wildman–Crippen LogP) is 4.19. The molecule has 0 spiro atoms. The number of hydrogen-bond donors (Lipinski definition) is 2. The Bertz CT molecular complexity index is 901. The van der Waals surface area contributed by atoms with Crippen molar-refractivity contribution in [2.75, 3.05) is 25.1 Å². The molecule has 160 valence electrons. The minimum Gasteiger partial charge on any atom is -0.494 e. The molecule has 2 amide bonds. The molecule has 1 unspecified atom stereocenters. The third kappa shape index (κ3) is 4.68. The Morgan fingerprint density at radius 2 is 1.93 bits per heavy atom. The largest absolute Gasteiger partial charge is 0.494 e. The minimum absolute atomic E-state index is 0.0882. The first-order valence-corrected chi connectivity index (χ1v) is 11.6. The van der Waals surface area contributed by atoms with E-state index < -0.39 is 0 Å². The molecule has 0 bridgehead atoms. The van der Waals surface area contributed by atoms with Gasteiger partial charge in [-0.1, -0.05) is 0 Å². The van der Waals surface area contributed by atoms with Crippen molar-refractivity contribution in [1.29, 1.82) is 0 Å². The molecule has 4 rings (SSSR count). The van der Waals surface area contributed by atoms with Gasteiger partial charge in [-0.05, 0) is 75.3 Å². The monoisotopic (exact) mass is 428 g/mol. The lowest BCUT2D eigenvalue weighted by molar-refractivity contribution is 0.0858. The maximum Gasteiger partial charge on any atom is 0.256 e. The van der Waals surface area contributed by atoms with Crippen LogP contribution in [0.3, 0.4) is 0 Å². The number of nitrogens with one attached hydrogen (secondary N) is 2. The second kappa shape index (κ2) is 9.62. The predicted molar refractivity (Wildman–Crippen MR) is 118 cm³/mol. The third-order valence-corrected chi connectivity index (χ3v) is 6.77. The topological polar surface area (TPSA) is 76.7 Å². The van der Waals surface area contributed by atoms with Crippen molar-refractivity contribution in [3.63, 3.8) is 0 Å². The number of thiophene rings is 1. The molecule has 2 N–H and O–H groups in total. The highest BCUT2D eigenvalue weighted by atomic mass is 32.1. The number of amides is 2. The quantitative estimate of drug-likeness (QED) is 0.693. The first kappa shape index (κ1) is 20.9. The van der Waals surface area contributed by atoms with E-state index in [2.05, 4.69) is 10.6 Å². The van der Waals surface area contributed by atoms with Gasteiger partial charge in [0.15, 0.2) is 0 Å². The van der Waals surface area contributed by atoms with E-state index in [0.717, 1.165) is 56.4 Å². The van der Waals surface area contributed by atoms with Gasteiger partial charge in [-0.25, -0.2) is 0 Å². The van der Waals surface area contributed by atoms with Crippen molar-refractivity contribution in [3.05, 3.63) is 45.8 Å². The van der Waals surface area contributed by atoms with Crippen LogP contribution < -0.4 is 15.4 Å². The molecule has 1 aromatic carbocycles. The molecule has 2 aliphatic rings. The summed E-state index contributed by atoms with van der Waals surface area (Å²) < 4.78 is 11.1. The summed E-state index contributed by atoms with van der Waals surface area (Å²) in [6.45, 7) is 3.77. The van der Waals surface area contributed by atoms with Gasteiger partial charge in [0.2, 0.25) is 0 Å². The Morgan fingerprint density at radius 3 is 2.67 bits per heavy atom. The van der Waals surface area contributed by atoms with Crippen LogP contribution in [0.2, 0.25) is 0 Å². The smallest absolute Gasteiger partial charge is 0.256 e. The minimum atomic E-state index is -0.218. The van der Waals surface area contributed by atoms with Gasteiger partial charge in [-0.2, -0.15) is 0 Å². The summed E-state index contributed by atoms with van der Waals surface area (Å²) in [4.78, 5) is 27.1. The standard InChI is InChI=1S/C23H28N2O4S/c1-2-28-16-11-9-15(10-12-16)21(26)25-23-20(18-7-3-4-8-19(18)30-23)22(27)24-14-17-6-5-13-29-17/h9-12,17H,2-8,13-14H2,1H3,(H,24,27)(H,25,26). The van der Waals surface area contributed by atoms with E-state index in [4.69, 9.17) is 9.47 Å². The van der Waals surface area contributed by atoms with E-state index >= 15 is 0 Å². The fraction of sp³-hybridized carbons (Fsp3) is 0.478. The normalized spacial score (nSPS) is 18.0. The van der Waals surface area contributed by atoms with Crippen LogP contribution in [0.25, 0.3) is 0 Å². The average molecular weight is 429 g/mol. The summed E-state index contributed by atoms with van der Waals surface area (Å²) in [6, 6.07) is 7.05. The van der Waals surface area contributed by atoms with E-state index in [1.807, 2.05) is 6.92 Å². The van der Waals surface area contributed by atoms with Gasteiger partial charge in [0.1, 0.15) is 10.8 Å². The van der Waals surface area contributed by atoms with E-state index in [-0.39, 0.29) is 17.9 Å². The third-order valence-electron chi connectivity index (χ3n) is 5.57. The molecule has 7 heteroatoms. The van der Waals surface area contributed by atoms with Gasteiger partial charge in [0.05, 0.1) is 18.3 Å². The van der Waals surface area contributed by atoms with E-state index in [9.17, 15) is 9.59 Å². The van der Waals surface area contributed by atoms with Crippen molar-refractivity contribution in [2.24, 2.45) is 0 Å². The molecule has 2 heterocycles. The van der Waals surface area contributed by atoms with Crippen molar-refractivity contribution in [2.45, 2.75) is 51.6 Å². The summed E-state index contributed by atoms with van der Waals surface area (Å²) in [7, 11) is 0. The Kier molecular flexibility index (Phi) is 6.69. The summed E-state index contributed by atoms with van der Waals surface area (Å²) in [5.74, 6) is 0.395. The van der Waals surface area contributed by atoms with Gasteiger partial charge in [0.25, 0.3) is 11.8 Å². The Labute approximate surface area is 181 Å². The molecule has 2 aromatic rings. The molecule has 6 nitrogen and oxygen atoms in total. The van der Waals surface area contributed by atoms with E-state index in [1.165, 1.54) is 16.2 Å². The number of benzene rings is 1. The Hall–Kier alpha value is -2.38. The molecule has 0 saturated carbocycles. The van der Waals surface area contributed by atoms with Gasteiger partial charge >= 0.3 is 0 Å². The van der Waals surface area contributed by atoms with E-state index in [0.29, 0.717) is 29.3 Å². The fourth-order valence-electron chi connectivity index (χ4n) is 4.04. The molecule has 1 aliphatic carbocycles. The summed E-state index contributed by atoms with van der Waals surface area (Å²) >= 11 is 1.53. The maximum absolute atomic E-state index is 13.1. The lowest BCUT2D eigenvalue weighted by atomic mass is 9.95. The SMILES string of the molecule is CCOc1ccc(C(=O)Nc2sc3c(c2C(=O)NCC2CCCO2)CCCC3)cc1. The molecule has 30 heavy (non-hydrogen) atoms. The summed E-state index contributed by atoms with van der Waals surface area (Å²) in [5.41, 5.74) is 2.26. The first-order valence-electron chi connectivity index (χ1n) is 10.7. The van der Waals surface area contributed by atoms with Gasteiger partial charge in [-0.3, -0.25) is 9.59 Å². The lowest BCUT2D eigenvalue weighted by Gasteiger charge is -2.15. The van der Waals surface area contributed by atoms with Crippen LogP contribution in [0, 0.1) is 0 Å². The number of anilines is 1. The highest BCUT2D eigenvalue weighted by Gasteiger charge is 2.27. The summed E-state index contributed by atoms with van der Waals surface area (Å²) in [5, 5.41) is 6.66. The zero-order valence-corrected chi connectivity index (χ0v) is 18.1. The Morgan fingerprint density at radius 1 is 1.13 bits per heavy atom. The number of aryl methyl sites for hydroxylation is 1. The van der Waals surface area contributed by atoms with Crippen molar-refractivity contribution < 1.29 is 19.1 Å². The number of ether oxygens (including phenoxy) is 2. The molecular formula is C23H28N2O4S. The van der Waals surface area contributed by atoms with Crippen molar-refractivity contribution >= 4 is 28.2 Å². The number of carbonyl (C=O) groups excluding carboxylic acids is 2. The van der Waals surface area contributed by atoms with Gasteiger partial charge in [-0.15, -0.1) is 11.3 Å². The fourth-order valence-corrected chi connectivity index (χ4v) is 5.32. The Balaban J connectivity index is 1.52. The average Bonchev–Trinajstić information content (AvgIpc) is 3.40. The van der Waals surface area contributed by atoms with E-state index in [1.54, 1.807) is 24.3 Å². The van der Waals surface area contributed by atoms with Crippen LogP contribution in [-0.4, -0.2) is 37.7 Å². The number of fused-ring (bicyclic) bond motifs is 1. The molecule has 1 atom stereocenters. The highest BCUT2D eigenvalue weighted by molar-refractivity contribution is 7.17. The second-order valence-electron chi connectivity index (χ2n) is 7.67. The van der Waals surface area contributed by atoms with Gasteiger partial charge in [0, 0.05) is 23.6 Å². The molecule has 1 aromatic heterocycles. The van der Waals surface area contributed by atoms with Crippen molar-refractivity contribution in [3.8, 4) is 5.75 Å². The molecular weight excluding hydrogens is 400 g/mol. The van der Waals surface area contributed by atoms with Gasteiger partial charge < -0.3 is 20.1 Å². The molecule has 1 aliphatic heterocycles. The molecule has 1 saturated heterocycles. The number of hydrogen-bond acceptors (Lipinski definition) is 5. The van der Waals surface area contributed by atoms with Crippen LogP contribution in [-0.2, 0) is 17.6 Å². The number of carbonyl (C=O) groups is 2. The van der Waals surface area contributed by atoms with Crippen LogP contribution in [0.5, 0.6) is 5.75 Å². The second-order valence-corrected chi connectivity index (χ2v) is 8.78. The molecule has 1 fully saturated rings. The van der Waals surface area contributed by atoms with Crippen LogP contribution >= 0.6 is 11.3 Å². The van der Waals surface area contributed by atoms with Crippen LogP contribution in [0.15, 0.2) is 24.3 Å². The number of rotatable bonds is 7. The summed E-state index contributed by atoms with van der Waals surface area (Å²) in [6.07, 6.45) is 6.14. The first-order chi connectivity index (χ1) is 14.7. The highest BCUT2D eigenvalue weighted by Crippen LogP contribution is 2.38. The van der Waals surface area contributed by atoms with Crippen molar-refractivity contribution in [1.82, 2.24) is 5.32 Å².